The molecular formula is C21H21N5O. The monoisotopic (exact) mass is 359 g/mol. The molecule has 0 aliphatic rings. The third-order valence-electron chi connectivity index (χ3n) is 4.32. The maximum Gasteiger partial charge on any atom is 0.253 e. The molecule has 0 radical (unpaired) electrons. The van der Waals surface area contributed by atoms with E-state index in [9.17, 15) is 4.79 Å². The molecule has 0 fully saturated rings. The molecule has 0 aliphatic carbocycles. The molecule has 6 nitrogen and oxygen atoms in total. The summed E-state index contributed by atoms with van der Waals surface area (Å²) >= 11 is 0. The summed E-state index contributed by atoms with van der Waals surface area (Å²) in [5.41, 5.74) is 4.09. The van der Waals surface area contributed by atoms with Crippen molar-refractivity contribution in [3.8, 4) is 11.8 Å². The number of nitrogens with zero attached hydrogens (tertiary/aromatic N) is 3. The summed E-state index contributed by atoms with van der Waals surface area (Å²) in [5.74, 6) is 0.408. The molecule has 2 heterocycles. The molecule has 3 aromatic rings. The van der Waals surface area contributed by atoms with E-state index in [0.29, 0.717) is 30.0 Å². The lowest BCUT2D eigenvalue weighted by Crippen LogP contribution is -2.29. The molecule has 0 saturated carbocycles. The first-order valence-corrected chi connectivity index (χ1v) is 8.73. The SMILES string of the molecule is Cc1cc(C(=O)NCCNc2ncccc2C#N)c(C)n1-c1ccccc1. The minimum atomic E-state index is -0.117. The molecular weight excluding hydrogens is 338 g/mol. The van der Waals surface area contributed by atoms with E-state index in [1.165, 1.54) is 0 Å². The number of amides is 1. The Hall–Kier alpha value is -3.59. The minimum absolute atomic E-state index is 0.117. The molecule has 0 spiro atoms. The first-order valence-electron chi connectivity index (χ1n) is 8.73. The van der Waals surface area contributed by atoms with Crippen molar-refractivity contribution in [3.63, 3.8) is 0 Å². The number of hydrogen-bond donors (Lipinski definition) is 2. The van der Waals surface area contributed by atoms with E-state index in [1.54, 1.807) is 18.3 Å². The van der Waals surface area contributed by atoms with E-state index in [0.717, 1.165) is 17.1 Å². The summed E-state index contributed by atoms with van der Waals surface area (Å²) in [6.07, 6.45) is 1.63. The molecule has 6 heteroatoms. The van der Waals surface area contributed by atoms with Crippen LogP contribution in [0.4, 0.5) is 5.82 Å². The third kappa shape index (κ3) is 3.98. The summed E-state index contributed by atoms with van der Waals surface area (Å²) in [6.45, 7) is 4.84. The number of rotatable bonds is 6. The van der Waals surface area contributed by atoms with Crippen molar-refractivity contribution >= 4 is 11.7 Å². The Balaban J connectivity index is 1.63. The number of para-hydroxylation sites is 1. The summed E-state index contributed by atoms with van der Waals surface area (Å²) in [5, 5.41) is 15.1. The number of aryl methyl sites for hydroxylation is 1. The zero-order chi connectivity index (χ0) is 19.2. The average molecular weight is 359 g/mol. The topological polar surface area (TPSA) is 82.7 Å². The number of nitriles is 1. The van der Waals surface area contributed by atoms with Crippen molar-refractivity contribution in [1.29, 1.82) is 5.26 Å². The number of benzene rings is 1. The smallest absolute Gasteiger partial charge is 0.253 e. The van der Waals surface area contributed by atoms with Crippen LogP contribution in [0.5, 0.6) is 0 Å². The van der Waals surface area contributed by atoms with Gasteiger partial charge < -0.3 is 15.2 Å². The highest BCUT2D eigenvalue weighted by molar-refractivity contribution is 5.95. The van der Waals surface area contributed by atoms with E-state index in [4.69, 9.17) is 5.26 Å². The van der Waals surface area contributed by atoms with Crippen LogP contribution in [-0.2, 0) is 0 Å². The van der Waals surface area contributed by atoms with Crippen molar-refractivity contribution in [1.82, 2.24) is 14.9 Å². The van der Waals surface area contributed by atoms with Crippen molar-refractivity contribution in [2.24, 2.45) is 0 Å². The van der Waals surface area contributed by atoms with Gasteiger partial charge in [0.1, 0.15) is 11.9 Å². The third-order valence-corrected chi connectivity index (χ3v) is 4.32. The molecule has 0 bridgehead atoms. The standard InChI is InChI=1S/C21H21N5O/c1-15-13-19(16(2)26(15)18-8-4-3-5-9-18)21(27)25-12-11-24-20-17(14-22)7-6-10-23-20/h3-10,13H,11-12H2,1-2H3,(H,23,24)(H,25,27). The van der Waals surface area contributed by atoms with Gasteiger partial charge in [-0.15, -0.1) is 0 Å². The fourth-order valence-corrected chi connectivity index (χ4v) is 3.06. The van der Waals surface area contributed by atoms with Crippen LogP contribution in [-0.4, -0.2) is 28.5 Å². The highest BCUT2D eigenvalue weighted by Gasteiger charge is 2.16. The maximum atomic E-state index is 12.6. The summed E-state index contributed by atoms with van der Waals surface area (Å²) < 4.78 is 2.07. The maximum absolute atomic E-state index is 12.6. The summed E-state index contributed by atoms with van der Waals surface area (Å²) in [7, 11) is 0. The molecule has 0 atom stereocenters. The van der Waals surface area contributed by atoms with Crippen molar-refractivity contribution in [2.45, 2.75) is 13.8 Å². The highest BCUT2D eigenvalue weighted by Crippen LogP contribution is 2.20. The van der Waals surface area contributed by atoms with Crippen LogP contribution in [0.1, 0.15) is 27.3 Å². The van der Waals surface area contributed by atoms with E-state index in [1.807, 2.05) is 50.2 Å². The number of hydrogen-bond acceptors (Lipinski definition) is 4. The second-order valence-corrected chi connectivity index (χ2v) is 6.15. The molecule has 2 N–H and O–H groups in total. The fourth-order valence-electron chi connectivity index (χ4n) is 3.06. The Morgan fingerprint density at radius 3 is 2.67 bits per heavy atom. The Kier molecular flexibility index (Phi) is 5.53. The average Bonchev–Trinajstić information content (AvgIpc) is 3.00. The quantitative estimate of drug-likeness (QED) is 0.662. The molecule has 136 valence electrons. The second kappa shape index (κ2) is 8.19. The lowest BCUT2D eigenvalue weighted by atomic mass is 10.2. The molecule has 0 saturated heterocycles. The number of pyridine rings is 1. The largest absolute Gasteiger partial charge is 0.367 e. The molecule has 3 rings (SSSR count). The van der Waals surface area contributed by atoms with E-state index < -0.39 is 0 Å². The van der Waals surface area contributed by atoms with Crippen molar-refractivity contribution < 1.29 is 4.79 Å². The zero-order valence-corrected chi connectivity index (χ0v) is 15.4. The van der Waals surface area contributed by atoms with Crippen LogP contribution in [0.15, 0.2) is 54.7 Å². The van der Waals surface area contributed by atoms with Gasteiger partial charge in [-0.2, -0.15) is 5.26 Å². The Morgan fingerprint density at radius 1 is 1.15 bits per heavy atom. The lowest BCUT2D eigenvalue weighted by Gasteiger charge is -2.10. The van der Waals surface area contributed by atoms with Crippen LogP contribution in [0.2, 0.25) is 0 Å². The van der Waals surface area contributed by atoms with E-state index >= 15 is 0 Å². The Bertz CT molecular complexity index is 986. The van der Waals surface area contributed by atoms with Crippen LogP contribution >= 0.6 is 0 Å². The Labute approximate surface area is 158 Å². The van der Waals surface area contributed by atoms with E-state index in [-0.39, 0.29) is 5.91 Å². The van der Waals surface area contributed by atoms with Crippen molar-refractivity contribution in [2.75, 3.05) is 18.4 Å². The number of aromatic nitrogens is 2. The predicted molar refractivity (Wildman–Crippen MR) is 105 cm³/mol. The molecule has 27 heavy (non-hydrogen) atoms. The Morgan fingerprint density at radius 2 is 1.93 bits per heavy atom. The predicted octanol–water partition coefficient (Wildman–Crippen LogP) is 3.20. The molecule has 0 aliphatic heterocycles. The second-order valence-electron chi connectivity index (χ2n) is 6.15. The zero-order valence-electron chi connectivity index (χ0n) is 15.4. The highest BCUT2D eigenvalue weighted by atomic mass is 16.1. The lowest BCUT2D eigenvalue weighted by molar-refractivity contribution is 0.0954. The van der Waals surface area contributed by atoms with Crippen LogP contribution in [0.3, 0.4) is 0 Å². The van der Waals surface area contributed by atoms with Gasteiger partial charge in [-0.1, -0.05) is 18.2 Å². The van der Waals surface area contributed by atoms with Gasteiger partial charge in [0.15, 0.2) is 0 Å². The molecule has 1 aromatic carbocycles. The first-order chi connectivity index (χ1) is 13.1. The van der Waals surface area contributed by atoms with Crippen LogP contribution in [0, 0.1) is 25.2 Å². The van der Waals surface area contributed by atoms with Gasteiger partial charge in [-0.25, -0.2) is 4.98 Å². The van der Waals surface area contributed by atoms with Crippen LogP contribution < -0.4 is 10.6 Å². The fraction of sp³-hybridized carbons (Fsp3) is 0.190. The molecule has 1 amide bonds. The van der Waals surface area contributed by atoms with Gasteiger partial charge in [-0.05, 0) is 44.2 Å². The van der Waals surface area contributed by atoms with Crippen LogP contribution in [0.25, 0.3) is 5.69 Å². The number of carbonyl (C=O) groups is 1. The first kappa shape index (κ1) is 18.2. The minimum Gasteiger partial charge on any atom is -0.367 e. The number of anilines is 1. The normalized spacial score (nSPS) is 10.3. The molecule has 0 unspecified atom stereocenters. The van der Waals surface area contributed by atoms with Gasteiger partial charge in [0.25, 0.3) is 5.91 Å². The van der Waals surface area contributed by atoms with Gasteiger partial charge in [0, 0.05) is 36.4 Å². The van der Waals surface area contributed by atoms with Gasteiger partial charge in [0.2, 0.25) is 0 Å². The summed E-state index contributed by atoms with van der Waals surface area (Å²) in [6, 6.07) is 17.4. The molecule has 2 aromatic heterocycles. The summed E-state index contributed by atoms with van der Waals surface area (Å²) in [4.78, 5) is 16.7. The number of nitrogens with one attached hydrogen (secondary N) is 2. The van der Waals surface area contributed by atoms with Gasteiger partial charge in [0.05, 0.1) is 11.1 Å². The van der Waals surface area contributed by atoms with Gasteiger partial charge in [-0.3, -0.25) is 4.79 Å². The van der Waals surface area contributed by atoms with E-state index in [2.05, 4.69) is 26.3 Å². The number of carbonyl (C=O) groups excluding carboxylic acids is 1. The van der Waals surface area contributed by atoms with Gasteiger partial charge >= 0.3 is 0 Å². The van der Waals surface area contributed by atoms with Crippen molar-refractivity contribution in [3.05, 3.63) is 77.2 Å².